The van der Waals surface area contributed by atoms with Crippen LogP contribution in [0.5, 0.6) is 0 Å². The van der Waals surface area contributed by atoms with Gasteiger partial charge in [-0.25, -0.2) is 0 Å². The number of nitrogens with zero attached hydrogens (tertiary/aromatic N) is 1. The van der Waals surface area contributed by atoms with Gasteiger partial charge >= 0.3 is 0 Å². The van der Waals surface area contributed by atoms with E-state index >= 15 is 0 Å². The number of nitrogens with one attached hydrogen (secondary N) is 1. The van der Waals surface area contributed by atoms with Crippen LogP contribution in [0.2, 0.25) is 0 Å². The Labute approximate surface area is 140 Å². The van der Waals surface area contributed by atoms with Crippen LogP contribution in [-0.4, -0.2) is 10.9 Å². The Bertz CT molecular complexity index is 681. The summed E-state index contributed by atoms with van der Waals surface area (Å²) in [6, 6.07) is 8.02. The summed E-state index contributed by atoms with van der Waals surface area (Å²) in [5, 5.41) is 3.00. The Morgan fingerprint density at radius 1 is 1.09 bits per heavy atom. The number of hydrogen-bond donors (Lipinski definition) is 1. The summed E-state index contributed by atoms with van der Waals surface area (Å²) in [6.07, 6.45) is 3.23. The van der Waals surface area contributed by atoms with Crippen molar-refractivity contribution in [1.82, 2.24) is 4.98 Å². The fraction of sp³-hybridized carbons (Fsp3) is 0.333. The quantitative estimate of drug-likeness (QED) is 0.798. The Hall–Kier alpha value is -1.68. The van der Waals surface area contributed by atoms with E-state index in [1.54, 1.807) is 18.5 Å². The Balaban J connectivity index is 2.30. The molecule has 3 nitrogen and oxygen atoms in total. The second-order valence-electron chi connectivity index (χ2n) is 6.00. The number of amides is 1. The van der Waals surface area contributed by atoms with Crippen molar-refractivity contribution in [3.63, 3.8) is 0 Å². The first kappa shape index (κ1) is 16.7. The van der Waals surface area contributed by atoms with Gasteiger partial charge in [0.25, 0.3) is 5.91 Å². The summed E-state index contributed by atoms with van der Waals surface area (Å²) in [5.41, 5.74) is 3.84. The van der Waals surface area contributed by atoms with Crippen LogP contribution >= 0.6 is 15.9 Å². The van der Waals surface area contributed by atoms with Gasteiger partial charge in [-0.3, -0.25) is 9.78 Å². The van der Waals surface area contributed by atoms with E-state index < -0.39 is 0 Å². The number of benzene rings is 1. The molecule has 0 saturated carbocycles. The van der Waals surface area contributed by atoms with Crippen molar-refractivity contribution in [2.45, 2.75) is 39.5 Å². The number of halogens is 1. The van der Waals surface area contributed by atoms with Crippen molar-refractivity contribution in [1.29, 1.82) is 0 Å². The number of carbonyl (C=O) groups excluding carboxylic acids is 1. The molecule has 0 atom stereocenters. The third kappa shape index (κ3) is 3.95. The average Bonchev–Trinajstić information content (AvgIpc) is 2.47. The smallest absolute Gasteiger partial charge is 0.257 e. The van der Waals surface area contributed by atoms with Gasteiger partial charge in [0.1, 0.15) is 0 Å². The van der Waals surface area contributed by atoms with E-state index in [2.05, 4.69) is 66.1 Å². The lowest BCUT2D eigenvalue weighted by atomic mass is 9.94. The van der Waals surface area contributed by atoms with Gasteiger partial charge in [0.05, 0.1) is 5.56 Å². The van der Waals surface area contributed by atoms with Crippen LogP contribution in [-0.2, 0) is 0 Å². The van der Waals surface area contributed by atoms with Crippen molar-refractivity contribution < 1.29 is 4.79 Å². The second kappa shape index (κ2) is 7.05. The predicted molar refractivity (Wildman–Crippen MR) is 94.5 cm³/mol. The first-order valence-electron chi connectivity index (χ1n) is 7.44. The van der Waals surface area contributed by atoms with Crippen LogP contribution in [0.15, 0.2) is 41.1 Å². The maximum absolute atomic E-state index is 12.4. The van der Waals surface area contributed by atoms with Gasteiger partial charge in [0.15, 0.2) is 0 Å². The zero-order chi connectivity index (χ0) is 16.3. The lowest BCUT2D eigenvalue weighted by molar-refractivity contribution is 0.102. The van der Waals surface area contributed by atoms with E-state index in [9.17, 15) is 4.79 Å². The van der Waals surface area contributed by atoms with E-state index in [4.69, 9.17) is 0 Å². The van der Waals surface area contributed by atoms with Crippen LogP contribution in [0.1, 0.15) is 61.0 Å². The third-order valence-corrected chi connectivity index (χ3v) is 4.01. The van der Waals surface area contributed by atoms with Gasteiger partial charge in [-0.15, -0.1) is 0 Å². The molecule has 0 spiro atoms. The molecule has 1 N–H and O–H groups in total. The minimum Gasteiger partial charge on any atom is -0.322 e. The third-order valence-electron chi connectivity index (χ3n) is 3.58. The van der Waals surface area contributed by atoms with Crippen LogP contribution in [0.25, 0.3) is 0 Å². The number of rotatable bonds is 4. The number of anilines is 1. The van der Waals surface area contributed by atoms with Gasteiger partial charge in [-0.2, -0.15) is 0 Å². The summed E-state index contributed by atoms with van der Waals surface area (Å²) >= 11 is 3.34. The minimum absolute atomic E-state index is 0.145. The number of hydrogen-bond acceptors (Lipinski definition) is 2. The Kier molecular flexibility index (Phi) is 5.35. The Morgan fingerprint density at radius 2 is 1.82 bits per heavy atom. The van der Waals surface area contributed by atoms with Crippen molar-refractivity contribution >= 4 is 27.5 Å². The number of pyridine rings is 1. The molecular formula is C18H21BrN2O. The van der Waals surface area contributed by atoms with Crippen LogP contribution in [0.4, 0.5) is 5.69 Å². The second-order valence-corrected chi connectivity index (χ2v) is 6.92. The SMILES string of the molecule is CC(C)c1ccc(NC(=O)c2cncc(Br)c2)c(C(C)C)c1. The highest BCUT2D eigenvalue weighted by Crippen LogP contribution is 2.28. The highest BCUT2D eigenvalue weighted by Gasteiger charge is 2.13. The monoisotopic (exact) mass is 360 g/mol. The van der Waals surface area contributed by atoms with E-state index in [0.29, 0.717) is 17.4 Å². The van der Waals surface area contributed by atoms with Gasteiger partial charge in [0.2, 0.25) is 0 Å². The molecule has 1 aromatic carbocycles. The highest BCUT2D eigenvalue weighted by atomic mass is 79.9. The first-order valence-corrected chi connectivity index (χ1v) is 8.23. The number of carbonyl (C=O) groups is 1. The van der Waals surface area contributed by atoms with Gasteiger partial charge in [-0.1, -0.05) is 39.8 Å². The molecule has 116 valence electrons. The maximum atomic E-state index is 12.4. The van der Waals surface area contributed by atoms with E-state index in [0.717, 1.165) is 15.7 Å². The van der Waals surface area contributed by atoms with Crippen molar-refractivity contribution in [3.8, 4) is 0 Å². The lowest BCUT2D eigenvalue weighted by Gasteiger charge is -2.17. The lowest BCUT2D eigenvalue weighted by Crippen LogP contribution is -2.14. The molecule has 0 bridgehead atoms. The molecule has 0 aliphatic carbocycles. The standard InChI is InChI=1S/C18H21BrN2O/c1-11(2)13-5-6-17(16(8-13)12(3)4)21-18(22)14-7-15(19)10-20-9-14/h5-12H,1-4H3,(H,21,22). The molecule has 0 aliphatic heterocycles. The van der Waals surface area contributed by atoms with Crippen molar-refractivity contribution in [3.05, 3.63) is 57.8 Å². The minimum atomic E-state index is -0.145. The van der Waals surface area contributed by atoms with Crippen molar-refractivity contribution in [2.75, 3.05) is 5.32 Å². The molecule has 1 heterocycles. The van der Waals surface area contributed by atoms with E-state index in [1.165, 1.54) is 5.56 Å². The molecule has 1 aromatic heterocycles. The molecule has 0 fully saturated rings. The average molecular weight is 361 g/mol. The maximum Gasteiger partial charge on any atom is 0.257 e. The normalized spacial score (nSPS) is 11.0. The molecular weight excluding hydrogens is 340 g/mol. The molecule has 0 saturated heterocycles. The van der Waals surface area contributed by atoms with Gasteiger partial charge in [0, 0.05) is 22.6 Å². The first-order chi connectivity index (χ1) is 10.4. The summed E-state index contributed by atoms with van der Waals surface area (Å²) < 4.78 is 0.791. The zero-order valence-corrected chi connectivity index (χ0v) is 14.9. The molecule has 22 heavy (non-hydrogen) atoms. The molecule has 0 unspecified atom stereocenters. The number of aromatic nitrogens is 1. The van der Waals surface area contributed by atoms with Crippen molar-refractivity contribution in [2.24, 2.45) is 0 Å². The molecule has 0 aliphatic rings. The molecule has 1 amide bonds. The van der Waals surface area contributed by atoms with Crippen LogP contribution in [0, 0.1) is 0 Å². The van der Waals surface area contributed by atoms with E-state index in [1.807, 2.05) is 6.07 Å². The summed E-state index contributed by atoms with van der Waals surface area (Å²) in [7, 11) is 0. The predicted octanol–water partition coefficient (Wildman–Crippen LogP) is 5.34. The summed E-state index contributed by atoms with van der Waals surface area (Å²) in [5.74, 6) is 0.666. The Morgan fingerprint density at radius 3 is 2.41 bits per heavy atom. The summed E-state index contributed by atoms with van der Waals surface area (Å²) in [4.78, 5) is 16.4. The zero-order valence-electron chi connectivity index (χ0n) is 13.4. The molecule has 2 aromatic rings. The van der Waals surface area contributed by atoms with Crippen LogP contribution in [0.3, 0.4) is 0 Å². The van der Waals surface area contributed by atoms with Gasteiger partial charge < -0.3 is 5.32 Å². The highest BCUT2D eigenvalue weighted by molar-refractivity contribution is 9.10. The molecule has 2 rings (SSSR count). The van der Waals surface area contributed by atoms with Crippen LogP contribution < -0.4 is 5.32 Å². The summed E-state index contributed by atoms with van der Waals surface area (Å²) in [6.45, 7) is 8.61. The van der Waals surface area contributed by atoms with E-state index in [-0.39, 0.29) is 5.91 Å². The largest absolute Gasteiger partial charge is 0.322 e. The fourth-order valence-corrected chi connectivity index (χ4v) is 2.63. The molecule has 4 heteroatoms. The molecule has 0 radical (unpaired) electrons. The van der Waals surface area contributed by atoms with Gasteiger partial charge in [-0.05, 0) is 51.0 Å². The topological polar surface area (TPSA) is 42.0 Å². The fourth-order valence-electron chi connectivity index (χ4n) is 2.26.